The van der Waals surface area contributed by atoms with Crippen molar-refractivity contribution < 1.29 is 4.79 Å². The van der Waals surface area contributed by atoms with Gasteiger partial charge in [-0.05, 0) is 35.6 Å². The van der Waals surface area contributed by atoms with Crippen LogP contribution in [0.5, 0.6) is 0 Å². The van der Waals surface area contributed by atoms with Gasteiger partial charge in [-0.15, -0.1) is 11.3 Å². The number of ketones is 1. The molecule has 1 nitrogen and oxygen atoms in total. The topological polar surface area (TPSA) is 17.1 Å². The van der Waals surface area contributed by atoms with E-state index in [0.29, 0.717) is 22.9 Å². The Kier molecular flexibility index (Phi) is 4.81. The summed E-state index contributed by atoms with van der Waals surface area (Å²) in [7, 11) is 0. The van der Waals surface area contributed by atoms with Gasteiger partial charge >= 0.3 is 0 Å². The van der Waals surface area contributed by atoms with Crippen molar-refractivity contribution in [2.45, 2.75) is 19.3 Å². The van der Waals surface area contributed by atoms with E-state index >= 15 is 0 Å². The Morgan fingerprint density at radius 3 is 2.72 bits per heavy atom. The van der Waals surface area contributed by atoms with Crippen LogP contribution in [0, 0.1) is 0 Å². The Labute approximate surface area is 120 Å². The molecule has 0 fully saturated rings. The van der Waals surface area contributed by atoms with Crippen LogP contribution in [0.3, 0.4) is 0 Å². The molecule has 0 spiro atoms. The maximum Gasteiger partial charge on any atom is 0.137 e. The van der Waals surface area contributed by atoms with E-state index < -0.39 is 0 Å². The summed E-state index contributed by atoms with van der Waals surface area (Å²) in [6.45, 7) is 0. The van der Waals surface area contributed by atoms with Gasteiger partial charge in [0.15, 0.2) is 0 Å². The molecule has 2 aromatic rings. The molecule has 94 valence electrons. The lowest BCUT2D eigenvalue weighted by Crippen LogP contribution is -2.04. The summed E-state index contributed by atoms with van der Waals surface area (Å²) in [6.07, 6.45) is 1.74. The van der Waals surface area contributed by atoms with Gasteiger partial charge in [-0.1, -0.05) is 35.3 Å². The van der Waals surface area contributed by atoms with E-state index in [4.69, 9.17) is 23.2 Å². The minimum absolute atomic E-state index is 0.202. The van der Waals surface area contributed by atoms with E-state index in [9.17, 15) is 4.79 Å². The van der Waals surface area contributed by atoms with Crippen molar-refractivity contribution in [2.24, 2.45) is 0 Å². The number of Topliss-reactive ketones (excluding diaryl/α,β-unsaturated/α-hetero) is 1. The van der Waals surface area contributed by atoms with Gasteiger partial charge in [0.05, 0.1) is 0 Å². The molecule has 0 amide bonds. The van der Waals surface area contributed by atoms with Crippen LogP contribution in [-0.2, 0) is 17.6 Å². The molecule has 18 heavy (non-hydrogen) atoms. The number of carbonyl (C=O) groups excluding carboxylic acids is 1. The third kappa shape index (κ3) is 3.84. The monoisotopic (exact) mass is 298 g/mol. The molecule has 0 aliphatic heterocycles. The zero-order valence-electron chi connectivity index (χ0n) is 9.66. The number of hydrogen-bond acceptors (Lipinski definition) is 2. The lowest BCUT2D eigenvalue weighted by atomic mass is 10.1. The maximum atomic E-state index is 11.9. The summed E-state index contributed by atoms with van der Waals surface area (Å²) >= 11 is 13.5. The lowest BCUT2D eigenvalue weighted by Gasteiger charge is -2.04. The first-order valence-corrected chi connectivity index (χ1v) is 7.27. The predicted molar refractivity (Wildman–Crippen MR) is 77.8 cm³/mol. The fourth-order valence-electron chi connectivity index (χ4n) is 1.68. The van der Waals surface area contributed by atoms with Crippen LogP contribution in [0.25, 0.3) is 0 Å². The standard InChI is InChI=1S/C14H12Cl2OS/c15-11-4-3-10(14(16)9-11)8-12(17)5-6-13-2-1-7-18-13/h1-4,7,9H,5-6,8H2. The second-order valence-electron chi connectivity index (χ2n) is 4.03. The molecular formula is C14H12Cl2OS. The van der Waals surface area contributed by atoms with Crippen molar-refractivity contribution in [3.8, 4) is 0 Å². The minimum atomic E-state index is 0.202. The van der Waals surface area contributed by atoms with Crippen molar-refractivity contribution >= 4 is 40.3 Å². The molecule has 0 aliphatic rings. The number of carbonyl (C=O) groups is 1. The number of benzene rings is 1. The van der Waals surface area contributed by atoms with Crippen molar-refractivity contribution in [3.05, 3.63) is 56.2 Å². The minimum Gasteiger partial charge on any atom is -0.299 e. The van der Waals surface area contributed by atoms with Crippen LogP contribution in [0.2, 0.25) is 10.0 Å². The molecule has 0 saturated heterocycles. The van der Waals surface area contributed by atoms with Crippen molar-refractivity contribution in [1.82, 2.24) is 0 Å². The molecule has 4 heteroatoms. The van der Waals surface area contributed by atoms with E-state index in [-0.39, 0.29) is 5.78 Å². The highest BCUT2D eigenvalue weighted by Gasteiger charge is 2.08. The normalized spacial score (nSPS) is 10.6. The Morgan fingerprint density at radius 1 is 1.22 bits per heavy atom. The summed E-state index contributed by atoms with van der Waals surface area (Å²) < 4.78 is 0. The third-order valence-corrected chi connectivity index (χ3v) is 4.16. The van der Waals surface area contributed by atoms with Gasteiger partial charge in [0, 0.05) is 27.8 Å². The number of rotatable bonds is 5. The molecule has 0 radical (unpaired) electrons. The van der Waals surface area contributed by atoms with E-state index in [0.717, 1.165) is 12.0 Å². The zero-order chi connectivity index (χ0) is 13.0. The smallest absolute Gasteiger partial charge is 0.137 e. The van der Waals surface area contributed by atoms with Gasteiger partial charge in [0.25, 0.3) is 0 Å². The first kappa shape index (κ1) is 13.6. The molecule has 1 aromatic heterocycles. The molecule has 0 N–H and O–H groups in total. The summed E-state index contributed by atoms with van der Waals surface area (Å²) in [4.78, 5) is 13.1. The lowest BCUT2D eigenvalue weighted by molar-refractivity contribution is -0.118. The van der Waals surface area contributed by atoms with Gasteiger partial charge in [-0.2, -0.15) is 0 Å². The average Bonchev–Trinajstić information content (AvgIpc) is 2.83. The molecule has 0 unspecified atom stereocenters. The van der Waals surface area contributed by atoms with E-state index in [1.165, 1.54) is 4.88 Å². The van der Waals surface area contributed by atoms with Crippen LogP contribution in [-0.4, -0.2) is 5.78 Å². The van der Waals surface area contributed by atoms with Crippen LogP contribution in [0.15, 0.2) is 35.7 Å². The fraction of sp³-hybridized carbons (Fsp3) is 0.214. The Bertz CT molecular complexity index is 535. The molecule has 0 saturated carbocycles. The first-order valence-electron chi connectivity index (χ1n) is 5.63. The quantitative estimate of drug-likeness (QED) is 0.775. The highest BCUT2D eigenvalue weighted by Crippen LogP contribution is 2.22. The average molecular weight is 299 g/mol. The molecule has 0 bridgehead atoms. The Hall–Kier alpha value is -0.830. The van der Waals surface area contributed by atoms with E-state index in [1.807, 2.05) is 23.6 Å². The zero-order valence-corrected chi connectivity index (χ0v) is 12.0. The third-order valence-electron chi connectivity index (χ3n) is 2.63. The maximum absolute atomic E-state index is 11.9. The van der Waals surface area contributed by atoms with Gasteiger partial charge < -0.3 is 0 Å². The van der Waals surface area contributed by atoms with Crippen molar-refractivity contribution in [3.63, 3.8) is 0 Å². The SMILES string of the molecule is O=C(CCc1cccs1)Cc1ccc(Cl)cc1Cl. The molecule has 2 rings (SSSR count). The van der Waals surface area contributed by atoms with Crippen LogP contribution < -0.4 is 0 Å². The molecule has 0 aliphatic carbocycles. The summed E-state index contributed by atoms with van der Waals surface area (Å²) in [5.41, 5.74) is 0.845. The summed E-state index contributed by atoms with van der Waals surface area (Å²) in [6, 6.07) is 9.29. The molecule has 0 atom stereocenters. The highest BCUT2D eigenvalue weighted by molar-refractivity contribution is 7.09. The van der Waals surface area contributed by atoms with Crippen LogP contribution >= 0.6 is 34.5 Å². The van der Waals surface area contributed by atoms with Gasteiger partial charge in [-0.25, -0.2) is 0 Å². The van der Waals surface area contributed by atoms with Gasteiger partial charge in [0.2, 0.25) is 0 Å². The Morgan fingerprint density at radius 2 is 2.06 bits per heavy atom. The van der Waals surface area contributed by atoms with Gasteiger partial charge in [0.1, 0.15) is 5.78 Å². The van der Waals surface area contributed by atoms with Crippen molar-refractivity contribution in [1.29, 1.82) is 0 Å². The Balaban J connectivity index is 1.91. The van der Waals surface area contributed by atoms with E-state index in [1.54, 1.807) is 23.5 Å². The fourth-order valence-corrected chi connectivity index (χ4v) is 2.87. The second-order valence-corrected chi connectivity index (χ2v) is 5.91. The number of thiophene rings is 1. The summed E-state index contributed by atoms with van der Waals surface area (Å²) in [5, 5.41) is 3.18. The highest BCUT2D eigenvalue weighted by atomic mass is 35.5. The number of hydrogen-bond donors (Lipinski definition) is 0. The second kappa shape index (κ2) is 6.37. The molecule has 1 aromatic carbocycles. The summed E-state index contributed by atoms with van der Waals surface area (Å²) in [5.74, 6) is 0.202. The van der Waals surface area contributed by atoms with Crippen LogP contribution in [0.1, 0.15) is 16.9 Å². The van der Waals surface area contributed by atoms with E-state index in [2.05, 4.69) is 0 Å². The number of halogens is 2. The first-order chi connectivity index (χ1) is 8.65. The van der Waals surface area contributed by atoms with Crippen LogP contribution in [0.4, 0.5) is 0 Å². The molecular weight excluding hydrogens is 287 g/mol. The molecule has 1 heterocycles. The van der Waals surface area contributed by atoms with Gasteiger partial charge in [-0.3, -0.25) is 4.79 Å². The predicted octanol–water partition coefficient (Wildman–Crippen LogP) is 4.80. The number of aryl methyl sites for hydroxylation is 1. The van der Waals surface area contributed by atoms with Crippen molar-refractivity contribution in [2.75, 3.05) is 0 Å². The largest absolute Gasteiger partial charge is 0.299 e.